The van der Waals surface area contributed by atoms with Crippen LogP contribution in [0.2, 0.25) is 0 Å². The summed E-state index contributed by atoms with van der Waals surface area (Å²) in [6, 6.07) is 0. The molecule has 4 N–H and O–H groups in total. The minimum absolute atomic E-state index is 0.250. The number of rotatable bonds is 7. The maximum absolute atomic E-state index is 6.64. The molecule has 3 heterocycles. The van der Waals surface area contributed by atoms with Gasteiger partial charge in [-0.1, -0.05) is 29.5 Å². The van der Waals surface area contributed by atoms with E-state index in [1.54, 1.807) is 13.3 Å². The molecule has 9 nitrogen and oxygen atoms in total. The smallest absolute Gasteiger partial charge is 0.159 e. The van der Waals surface area contributed by atoms with Gasteiger partial charge in [-0.2, -0.15) is 10.2 Å². The zero-order chi connectivity index (χ0) is 26.4. The molecule has 3 aromatic heterocycles. The molecule has 2 aliphatic carbocycles. The number of ether oxygens (including phenoxy) is 2. The molecule has 0 aliphatic heterocycles. The molecule has 0 amide bonds. The lowest BCUT2D eigenvalue weighted by atomic mass is 10.1. The molecule has 5 rings (SSSR count). The third-order valence-electron chi connectivity index (χ3n) is 6.60. The van der Waals surface area contributed by atoms with Crippen LogP contribution in [0.1, 0.15) is 57.0 Å². The summed E-state index contributed by atoms with van der Waals surface area (Å²) in [6.45, 7) is 7.12. The quantitative estimate of drug-likeness (QED) is 0.309. The van der Waals surface area contributed by atoms with Crippen LogP contribution in [0.4, 0.5) is 11.6 Å². The Morgan fingerprint density at radius 3 is 2.78 bits per heavy atom. The van der Waals surface area contributed by atoms with E-state index in [1.165, 1.54) is 30.5 Å². The van der Waals surface area contributed by atoms with E-state index in [-0.39, 0.29) is 6.10 Å². The molecule has 2 atom stereocenters. The van der Waals surface area contributed by atoms with Crippen LogP contribution < -0.4 is 16.5 Å². The van der Waals surface area contributed by atoms with Gasteiger partial charge < -0.3 is 20.5 Å². The summed E-state index contributed by atoms with van der Waals surface area (Å²) in [6.07, 6.45) is 15.1. The SMILES string of the molecule is CC.CCOC1=CC(OC)C=C(n2c(N)c3cnnc(NCc4n[nH]c5c4CCCCC5)c3c2P)C=C1. The van der Waals surface area contributed by atoms with Crippen LogP contribution >= 0.6 is 9.24 Å². The monoisotopic (exact) mass is 523 g/mol. The van der Waals surface area contributed by atoms with Crippen LogP contribution in [0, 0.1) is 0 Å². The Hall–Kier alpha value is -3.16. The summed E-state index contributed by atoms with van der Waals surface area (Å²) >= 11 is 0. The largest absolute Gasteiger partial charge is 0.494 e. The van der Waals surface area contributed by atoms with Gasteiger partial charge in [-0.15, -0.1) is 5.10 Å². The molecule has 37 heavy (non-hydrogen) atoms. The Labute approximate surface area is 220 Å². The van der Waals surface area contributed by atoms with Gasteiger partial charge in [-0.3, -0.25) is 9.67 Å². The summed E-state index contributed by atoms with van der Waals surface area (Å²) in [5.74, 6) is 2.02. The normalized spacial score (nSPS) is 17.2. The van der Waals surface area contributed by atoms with Gasteiger partial charge in [0.1, 0.15) is 11.6 Å². The number of nitrogen functional groups attached to an aromatic ring is 1. The summed E-state index contributed by atoms with van der Waals surface area (Å²) in [7, 11) is 4.49. The summed E-state index contributed by atoms with van der Waals surface area (Å²) in [5.41, 5.74) is 12.1. The van der Waals surface area contributed by atoms with Crippen molar-refractivity contribution in [3.8, 4) is 0 Å². The fourth-order valence-corrected chi connectivity index (χ4v) is 5.43. The van der Waals surface area contributed by atoms with Crippen molar-refractivity contribution >= 4 is 42.8 Å². The van der Waals surface area contributed by atoms with Crippen molar-refractivity contribution in [2.45, 2.75) is 65.5 Å². The van der Waals surface area contributed by atoms with Crippen molar-refractivity contribution in [2.24, 2.45) is 0 Å². The number of nitrogens with one attached hydrogen (secondary N) is 2. The number of H-pyrrole nitrogens is 1. The fourth-order valence-electron chi connectivity index (χ4n) is 4.85. The van der Waals surface area contributed by atoms with E-state index >= 15 is 0 Å². The van der Waals surface area contributed by atoms with E-state index in [4.69, 9.17) is 15.2 Å². The lowest BCUT2D eigenvalue weighted by Gasteiger charge is -2.12. The van der Waals surface area contributed by atoms with Gasteiger partial charge in [0.25, 0.3) is 0 Å². The van der Waals surface area contributed by atoms with Crippen molar-refractivity contribution in [3.63, 3.8) is 0 Å². The first-order chi connectivity index (χ1) is 18.1. The second-order valence-electron chi connectivity index (χ2n) is 8.76. The Morgan fingerprint density at radius 2 is 2.00 bits per heavy atom. The lowest BCUT2D eigenvalue weighted by Crippen LogP contribution is -2.14. The summed E-state index contributed by atoms with van der Waals surface area (Å²) < 4.78 is 13.3. The van der Waals surface area contributed by atoms with Crippen LogP contribution in [-0.4, -0.2) is 44.8 Å². The molecule has 0 saturated heterocycles. The molecule has 0 radical (unpaired) electrons. The summed E-state index contributed by atoms with van der Waals surface area (Å²) in [4.78, 5) is 0. The van der Waals surface area contributed by atoms with E-state index < -0.39 is 0 Å². The number of aromatic nitrogens is 5. The Bertz CT molecular complexity index is 1320. The number of nitrogens with two attached hydrogens (primary N) is 1. The molecule has 0 fully saturated rings. The molecule has 3 aromatic rings. The van der Waals surface area contributed by atoms with Crippen molar-refractivity contribution in [3.05, 3.63) is 53.2 Å². The minimum atomic E-state index is -0.250. The molecule has 198 valence electrons. The summed E-state index contributed by atoms with van der Waals surface area (Å²) in [5, 5.41) is 21.7. The molecule has 10 heteroatoms. The third kappa shape index (κ3) is 5.58. The van der Waals surface area contributed by atoms with Crippen molar-refractivity contribution in [1.29, 1.82) is 0 Å². The van der Waals surface area contributed by atoms with Crippen LogP contribution in [0.25, 0.3) is 16.5 Å². The second kappa shape index (κ2) is 12.4. The number of anilines is 2. The van der Waals surface area contributed by atoms with E-state index in [9.17, 15) is 0 Å². The van der Waals surface area contributed by atoms with Gasteiger partial charge in [0.2, 0.25) is 0 Å². The predicted octanol–water partition coefficient (Wildman–Crippen LogP) is 4.49. The molecular formula is C27H38N7O2P. The number of aromatic amines is 1. The van der Waals surface area contributed by atoms with E-state index in [2.05, 4.69) is 35.0 Å². The fraction of sp³-hybridized carbons (Fsp3) is 0.444. The number of hydrogen-bond acceptors (Lipinski definition) is 7. The first-order valence-corrected chi connectivity index (χ1v) is 13.7. The lowest BCUT2D eigenvalue weighted by molar-refractivity contribution is 0.169. The van der Waals surface area contributed by atoms with Gasteiger partial charge in [0, 0.05) is 23.9 Å². The Morgan fingerprint density at radius 1 is 1.19 bits per heavy atom. The van der Waals surface area contributed by atoms with E-state index in [0.717, 1.165) is 46.2 Å². The molecule has 2 unspecified atom stereocenters. The van der Waals surface area contributed by atoms with Gasteiger partial charge in [-0.05, 0) is 62.5 Å². The zero-order valence-electron chi connectivity index (χ0n) is 22.2. The molecular weight excluding hydrogens is 485 g/mol. The highest BCUT2D eigenvalue weighted by molar-refractivity contribution is 7.28. The highest BCUT2D eigenvalue weighted by Crippen LogP contribution is 2.32. The van der Waals surface area contributed by atoms with Crippen molar-refractivity contribution in [1.82, 2.24) is 25.0 Å². The van der Waals surface area contributed by atoms with Gasteiger partial charge >= 0.3 is 0 Å². The van der Waals surface area contributed by atoms with E-state index in [0.29, 0.717) is 24.8 Å². The molecule has 0 spiro atoms. The Kier molecular flexibility index (Phi) is 9.00. The van der Waals surface area contributed by atoms with Crippen LogP contribution in [0.5, 0.6) is 0 Å². The number of aryl methyl sites for hydroxylation is 1. The van der Waals surface area contributed by atoms with Crippen LogP contribution in [0.3, 0.4) is 0 Å². The first-order valence-electron chi connectivity index (χ1n) is 13.1. The van der Waals surface area contributed by atoms with Crippen molar-refractivity contribution < 1.29 is 9.47 Å². The topological polar surface area (TPSA) is 116 Å². The van der Waals surface area contributed by atoms with Crippen molar-refractivity contribution in [2.75, 3.05) is 24.8 Å². The number of fused-ring (bicyclic) bond motifs is 2. The maximum Gasteiger partial charge on any atom is 0.159 e. The number of nitrogens with zero attached hydrogens (tertiary/aromatic N) is 4. The van der Waals surface area contributed by atoms with E-state index in [1.807, 2.05) is 49.6 Å². The Balaban J connectivity index is 0.00000156. The van der Waals surface area contributed by atoms with Gasteiger partial charge in [0.05, 0.1) is 42.0 Å². The van der Waals surface area contributed by atoms with Crippen LogP contribution in [0.15, 0.2) is 36.3 Å². The molecule has 2 aliphatic rings. The molecule has 0 aromatic carbocycles. The second-order valence-corrected chi connectivity index (χ2v) is 9.30. The highest BCUT2D eigenvalue weighted by Gasteiger charge is 2.21. The first kappa shape index (κ1) is 26.9. The standard InChI is InChI=1S/C25H32N7O2P.C2H6/c1-3-34-16-10-9-15(11-17(12-16)33-2)32-23(26)19-13-28-31-24(22(19)25(32)35)27-14-21-18-7-5-4-6-8-20(18)29-30-21;1-2/h9-13,17H,3-8,14,26,35H2,1-2H3,(H,27,31)(H,29,30);1-2H3. The highest BCUT2D eigenvalue weighted by atomic mass is 31.0. The number of methoxy groups -OCH3 is 1. The van der Waals surface area contributed by atoms with Gasteiger partial charge in [0.15, 0.2) is 5.82 Å². The zero-order valence-corrected chi connectivity index (χ0v) is 23.3. The molecule has 0 saturated carbocycles. The average molecular weight is 524 g/mol. The van der Waals surface area contributed by atoms with Gasteiger partial charge in [-0.25, -0.2) is 0 Å². The predicted molar refractivity (Wildman–Crippen MR) is 154 cm³/mol. The maximum atomic E-state index is 6.64. The third-order valence-corrected chi connectivity index (χ3v) is 7.15. The molecule has 0 bridgehead atoms. The minimum Gasteiger partial charge on any atom is -0.494 e. The average Bonchev–Trinajstić information content (AvgIpc) is 3.20. The van der Waals surface area contributed by atoms with Crippen LogP contribution in [-0.2, 0) is 28.9 Å². The number of hydrogen-bond donors (Lipinski definition) is 3. The number of allylic oxidation sites excluding steroid dienone is 3.